The molecule has 1 heteroatoms. The van der Waals surface area contributed by atoms with E-state index < -0.39 is 0 Å². The second kappa shape index (κ2) is 12.0. The molecule has 2 aromatic rings. The lowest BCUT2D eigenvalue weighted by Crippen LogP contribution is -2.10. The van der Waals surface area contributed by atoms with E-state index in [9.17, 15) is 0 Å². The highest BCUT2D eigenvalue weighted by Gasteiger charge is 2.15. The van der Waals surface area contributed by atoms with Gasteiger partial charge in [-0.15, -0.1) is 0 Å². The molecule has 0 aromatic heterocycles. The van der Waals surface area contributed by atoms with Gasteiger partial charge in [0.1, 0.15) is 5.75 Å². The summed E-state index contributed by atoms with van der Waals surface area (Å²) < 4.78 is 5.98. The molecule has 0 spiro atoms. The van der Waals surface area contributed by atoms with Gasteiger partial charge in [-0.2, -0.15) is 0 Å². The predicted molar refractivity (Wildman–Crippen MR) is 131 cm³/mol. The molecule has 0 bridgehead atoms. The molecule has 162 valence electrons. The van der Waals surface area contributed by atoms with Crippen LogP contribution < -0.4 is 4.74 Å². The van der Waals surface area contributed by atoms with Gasteiger partial charge in [0, 0.05) is 0 Å². The molecule has 1 nitrogen and oxygen atoms in total. The van der Waals surface area contributed by atoms with Gasteiger partial charge in [0.15, 0.2) is 0 Å². The fourth-order valence-electron chi connectivity index (χ4n) is 4.57. The Bertz CT molecular complexity index is 769. The standard InChI is InChI=1S/C29H40O/c1-4-6-7-8-10-24-11-13-25(14-12-24)26-15-17-27(18-16-26)28-19-21-29(22-20-28)30-23(3)9-5-2/h13,15-24H,4-12,14H2,1-3H3. The molecular formula is C29H40O. The largest absolute Gasteiger partial charge is 0.491 e. The Morgan fingerprint density at radius 1 is 0.833 bits per heavy atom. The van der Waals surface area contributed by atoms with Crippen LogP contribution in [0.25, 0.3) is 16.7 Å². The van der Waals surface area contributed by atoms with Gasteiger partial charge in [0.25, 0.3) is 0 Å². The monoisotopic (exact) mass is 404 g/mol. The maximum Gasteiger partial charge on any atom is 0.119 e. The van der Waals surface area contributed by atoms with Crippen LogP contribution in [0, 0.1) is 5.92 Å². The minimum atomic E-state index is 0.278. The normalized spacial score (nSPS) is 17.4. The minimum absolute atomic E-state index is 0.278. The Morgan fingerprint density at radius 2 is 1.50 bits per heavy atom. The zero-order valence-electron chi connectivity index (χ0n) is 19.3. The summed E-state index contributed by atoms with van der Waals surface area (Å²) >= 11 is 0. The molecule has 30 heavy (non-hydrogen) atoms. The van der Waals surface area contributed by atoms with Gasteiger partial charge in [-0.3, -0.25) is 0 Å². The topological polar surface area (TPSA) is 9.23 Å². The molecule has 0 radical (unpaired) electrons. The number of benzene rings is 2. The third-order valence-corrected chi connectivity index (χ3v) is 6.46. The van der Waals surface area contributed by atoms with Crippen molar-refractivity contribution in [1.82, 2.24) is 0 Å². The minimum Gasteiger partial charge on any atom is -0.491 e. The molecule has 0 amide bonds. The van der Waals surface area contributed by atoms with Crippen molar-refractivity contribution in [3.63, 3.8) is 0 Å². The second-order valence-electron chi connectivity index (χ2n) is 9.04. The van der Waals surface area contributed by atoms with Crippen molar-refractivity contribution in [2.75, 3.05) is 0 Å². The van der Waals surface area contributed by atoms with E-state index in [1.165, 1.54) is 68.1 Å². The molecule has 3 rings (SSSR count). The van der Waals surface area contributed by atoms with E-state index in [4.69, 9.17) is 4.74 Å². The maximum absolute atomic E-state index is 5.98. The third kappa shape index (κ3) is 6.76. The molecule has 2 aromatic carbocycles. The maximum atomic E-state index is 5.98. The van der Waals surface area contributed by atoms with Crippen molar-refractivity contribution >= 4 is 5.57 Å². The Kier molecular flexibility index (Phi) is 9.05. The van der Waals surface area contributed by atoms with E-state index in [0.29, 0.717) is 0 Å². The summed E-state index contributed by atoms with van der Waals surface area (Å²) in [5, 5.41) is 0. The average molecular weight is 405 g/mol. The van der Waals surface area contributed by atoms with Gasteiger partial charge < -0.3 is 4.74 Å². The second-order valence-corrected chi connectivity index (χ2v) is 9.04. The lowest BCUT2D eigenvalue weighted by molar-refractivity contribution is 0.210. The molecule has 0 N–H and O–H groups in total. The first-order chi connectivity index (χ1) is 14.7. The highest BCUT2D eigenvalue weighted by atomic mass is 16.5. The molecule has 0 fully saturated rings. The zero-order valence-corrected chi connectivity index (χ0v) is 19.3. The Hall–Kier alpha value is -2.02. The van der Waals surface area contributed by atoms with Gasteiger partial charge in [-0.1, -0.05) is 94.8 Å². The third-order valence-electron chi connectivity index (χ3n) is 6.46. The highest BCUT2D eigenvalue weighted by molar-refractivity contribution is 5.71. The molecular weight excluding hydrogens is 364 g/mol. The molecule has 0 saturated heterocycles. The van der Waals surface area contributed by atoms with Crippen LogP contribution in [-0.4, -0.2) is 6.10 Å². The van der Waals surface area contributed by atoms with Crippen LogP contribution >= 0.6 is 0 Å². The van der Waals surface area contributed by atoms with E-state index in [2.05, 4.69) is 75.4 Å². The number of allylic oxidation sites excluding steroid dienone is 2. The first-order valence-electron chi connectivity index (χ1n) is 12.3. The number of hydrogen-bond donors (Lipinski definition) is 0. The summed E-state index contributed by atoms with van der Waals surface area (Å²) in [6, 6.07) is 17.7. The van der Waals surface area contributed by atoms with E-state index in [1.807, 2.05) is 0 Å². The van der Waals surface area contributed by atoms with Gasteiger partial charge in [0.2, 0.25) is 0 Å². The fourth-order valence-corrected chi connectivity index (χ4v) is 4.57. The highest BCUT2D eigenvalue weighted by Crippen LogP contribution is 2.34. The van der Waals surface area contributed by atoms with Crippen molar-refractivity contribution in [3.05, 3.63) is 60.2 Å². The van der Waals surface area contributed by atoms with Crippen LogP contribution in [-0.2, 0) is 0 Å². The summed E-state index contributed by atoms with van der Waals surface area (Å²) in [5.41, 5.74) is 5.47. The van der Waals surface area contributed by atoms with Gasteiger partial charge in [0.05, 0.1) is 6.10 Å². The fraction of sp³-hybridized carbons (Fsp3) is 0.517. The van der Waals surface area contributed by atoms with Crippen molar-refractivity contribution < 1.29 is 4.74 Å². The molecule has 2 unspecified atom stereocenters. The van der Waals surface area contributed by atoms with E-state index in [1.54, 1.807) is 5.57 Å². The number of hydrogen-bond acceptors (Lipinski definition) is 1. The lowest BCUT2D eigenvalue weighted by atomic mass is 9.83. The van der Waals surface area contributed by atoms with E-state index in [-0.39, 0.29) is 6.10 Å². The van der Waals surface area contributed by atoms with Crippen LogP contribution in [0.2, 0.25) is 0 Å². The van der Waals surface area contributed by atoms with Crippen molar-refractivity contribution in [3.8, 4) is 16.9 Å². The SMILES string of the molecule is CCCCCCC1CC=C(c2ccc(-c3ccc(OC(C)CCC)cc3)cc2)CC1. The molecule has 1 aliphatic carbocycles. The van der Waals surface area contributed by atoms with Crippen LogP contribution in [0.1, 0.15) is 90.5 Å². The van der Waals surface area contributed by atoms with Crippen LogP contribution in [0.5, 0.6) is 5.75 Å². The summed E-state index contributed by atoms with van der Waals surface area (Å²) in [6.07, 6.45) is 15.9. The lowest BCUT2D eigenvalue weighted by Gasteiger charge is -2.22. The molecule has 1 aliphatic rings. The summed E-state index contributed by atoms with van der Waals surface area (Å²) in [6.45, 7) is 6.63. The smallest absolute Gasteiger partial charge is 0.119 e. The van der Waals surface area contributed by atoms with Crippen molar-refractivity contribution in [1.29, 1.82) is 0 Å². The van der Waals surface area contributed by atoms with E-state index in [0.717, 1.165) is 24.5 Å². The molecule has 0 aliphatic heterocycles. The molecule has 0 saturated carbocycles. The number of unbranched alkanes of at least 4 members (excludes halogenated alkanes) is 3. The summed E-state index contributed by atoms with van der Waals surface area (Å²) in [4.78, 5) is 0. The first kappa shape index (κ1) is 22.7. The first-order valence-corrected chi connectivity index (χ1v) is 12.3. The Labute approximate surface area is 184 Å². The van der Waals surface area contributed by atoms with Crippen LogP contribution in [0.15, 0.2) is 54.6 Å². The van der Waals surface area contributed by atoms with Crippen LogP contribution in [0.4, 0.5) is 0 Å². The van der Waals surface area contributed by atoms with Gasteiger partial charge in [-0.05, 0) is 72.9 Å². The Morgan fingerprint density at radius 3 is 2.10 bits per heavy atom. The van der Waals surface area contributed by atoms with Gasteiger partial charge in [-0.25, -0.2) is 0 Å². The summed E-state index contributed by atoms with van der Waals surface area (Å²) in [5.74, 6) is 1.87. The zero-order chi connectivity index (χ0) is 21.2. The van der Waals surface area contributed by atoms with Crippen LogP contribution in [0.3, 0.4) is 0 Å². The van der Waals surface area contributed by atoms with E-state index >= 15 is 0 Å². The average Bonchev–Trinajstić information content (AvgIpc) is 2.78. The molecule has 0 heterocycles. The Balaban J connectivity index is 1.54. The quantitative estimate of drug-likeness (QED) is 0.339. The summed E-state index contributed by atoms with van der Waals surface area (Å²) in [7, 11) is 0. The van der Waals surface area contributed by atoms with Gasteiger partial charge >= 0.3 is 0 Å². The predicted octanol–water partition coefficient (Wildman–Crippen LogP) is 9.07. The molecule has 2 atom stereocenters. The number of rotatable bonds is 11. The number of ether oxygens (including phenoxy) is 1. The van der Waals surface area contributed by atoms with Crippen molar-refractivity contribution in [2.45, 2.75) is 91.1 Å². The van der Waals surface area contributed by atoms with Crippen molar-refractivity contribution in [2.24, 2.45) is 5.92 Å².